The third kappa shape index (κ3) is 11.8. The largest absolute Gasteiger partial charge is 1.00 e. The Morgan fingerprint density at radius 2 is 1.67 bits per heavy atom. The van der Waals surface area contributed by atoms with E-state index in [1.54, 1.807) is 0 Å². The molecule has 2 heteroatoms. The summed E-state index contributed by atoms with van der Waals surface area (Å²) in [5.74, 6) is 0. The average molecular weight is 196 g/mol. The number of quaternary nitrogens is 1. The second kappa shape index (κ2) is 5.24. The minimum Gasteiger partial charge on any atom is -1.00 e. The molecule has 0 saturated heterocycles. The van der Waals surface area contributed by atoms with Crippen molar-refractivity contribution in [1.29, 1.82) is 0 Å². The van der Waals surface area contributed by atoms with Crippen LogP contribution in [0.1, 0.15) is 27.7 Å². The molecule has 1 nitrogen and oxygen atoms in total. The first-order valence-corrected chi connectivity index (χ1v) is 3.38. The van der Waals surface area contributed by atoms with Crippen LogP contribution in [0.4, 0.5) is 0 Å². The van der Waals surface area contributed by atoms with Crippen LogP contribution in [0.3, 0.4) is 0 Å². The van der Waals surface area contributed by atoms with Gasteiger partial charge in [-0.3, -0.25) is 0 Å². The van der Waals surface area contributed by atoms with Crippen molar-refractivity contribution in [2.75, 3.05) is 13.1 Å². The number of halogens is 1. The summed E-state index contributed by atoms with van der Waals surface area (Å²) >= 11 is 0. The molecule has 0 saturated carbocycles. The maximum atomic E-state index is 2.33. The summed E-state index contributed by atoms with van der Waals surface area (Å²) in [6.45, 7) is 11.4. The Hall–Kier alpha value is 0.440. The molecule has 0 fully saturated rings. The van der Waals surface area contributed by atoms with Gasteiger partial charge in [-0.25, -0.2) is 0 Å². The van der Waals surface area contributed by atoms with Gasteiger partial charge in [-0.05, 0) is 6.92 Å². The van der Waals surface area contributed by atoms with E-state index in [1.807, 2.05) is 0 Å². The molecule has 0 aliphatic heterocycles. The van der Waals surface area contributed by atoms with Crippen LogP contribution in [0.2, 0.25) is 0 Å². The zero-order chi connectivity index (χ0) is 6.62. The SMILES string of the molecule is CC[NH2+]CC(C)(C)C.[Br-]. The number of hydrogen-bond acceptors (Lipinski definition) is 0. The molecule has 0 amide bonds. The van der Waals surface area contributed by atoms with Crippen molar-refractivity contribution in [2.24, 2.45) is 5.41 Å². The third-order valence-corrected chi connectivity index (χ3v) is 1.05. The predicted molar refractivity (Wildman–Crippen MR) is 36.8 cm³/mol. The molecule has 9 heavy (non-hydrogen) atoms. The van der Waals surface area contributed by atoms with Crippen molar-refractivity contribution in [3.63, 3.8) is 0 Å². The van der Waals surface area contributed by atoms with E-state index in [2.05, 4.69) is 33.0 Å². The normalized spacial score (nSPS) is 10.7. The van der Waals surface area contributed by atoms with Gasteiger partial charge in [-0.15, -0.1) is 0 Å². The van der Waals surface area contributed by atoms with Crippen molar-refractivity contribution in [3.8, 4) is 0 Å². The quantitative estimate of drug-likeness (QED) is 0.508. The topological polar surface area (TPSA) is 16.6 Å². The lowest BCUT2D eigenvalue weighted by Gasteiger charge is -2.14. The Bertz CT molecular complexity index is 56.4. The van der Waals surface area contributed by atoms with E-state index in [9.17, 15) is 0 Å². The van der Waals surface area contributed by atoms with E-state index < -0.39 is 0 Å². The zero-order valence-corrected chi connectivity index (χ0v) is 8.46. The monoisotopic (exact) mass is 195 g/mol. The molecule has 0 aromatic heterocycles. The van der Waals surface area contributed by atoms with Crippen LogP contribution >= 0.6 is 0 Å². The molecule has 0 atom stereocenters. The summed E-state index contributed by atoms with van der Waals surface area (Å²) in [5.41, 5.74) is 0.496. The highest BCUT2D eigenvalue weighted by Gasteiger charge is 2.10. The van der Waals surface area contributed by atoms with Crippen LogP contribution in [-0.4, -0.2) is 13.1 Å². The fourth-order valence-corrected chi connectivity index (χ4v) is 0.577. The Morgan fingerprint density at radius 3 is 1.78 bits per heavy atom. The van der Waals surface area contributed by atoms with Crippen molar-refractivity contribution >= 4 is 0 Å². The lowest BCUT2D eigenvalue weighted by Crippen LogP contribution is -3.00. The molecule has 0 heterocycles. The van der Waals surface area contributed by atoms with Crippen molar-refractivity contribution < 1.29 is 22.3 Å². The molecule has 58 valence electrons. The first-order chi connectivity index (χ1) is 3.56. The molecule has 0 aromatic carbocycles. The van der Waals surface area contributed by atoms with E-state index in [1.165, 1.54) is 13.1 Å². The zero-order valence-electron chi connectivity index (χ0n) is 6.87. The summed E-state index contributed by atoms with van der Waals surface area (Å²) in [6.07, 6.45) is 0. The Morgan fingerprint density at radius 1 is 1.22 bits per heavy atom. The smallest absolute Gasteiger partial charge is 0.0804 e. The van der Waals surface area contributed by atoms with E-state index in [-0.39, 0.29) is 17.0 Å². The maximum Gasteiger partial charge on any atom is 0.0804 e. The second-order valence-corrected chi connectivity index (χ2v) is 3.46. The number of rotatable bonds is 2. The first-order valence-electron chi connectivity index (χ1n) is 3.38. The van der Waals surface area contributed by atoms with Crippen LogP contribution in [0.5, 0.6) is 0 Å². The highest BCUT2D eigenvalue weighted by atomic mass is 79.9. The minimum absolute atomic E-state index is 0. The van der Waals surface area contributed by atoms with E-state index in [4.69, 9.17) is 0 Å². The third-order valence-electron chi connectivity index (χ3n) is 1.05. The van der Waals surface area contributed by atoms with Gasteiger partial charge in [0.15, 0.2) is 0 Å². The molecule has 0 spiro atoms. The summed E-state index contributed by atoms with van der Waals surface area (Å²) in [6, 6.07) is 0. The van der Waals surface area contributed by atoms with Gasteiger partial charge in [0.25, 0.3) is 0 Å². The van der Waals surface area contributed by atoms with Crippen LogP contribution in [-0.2, 0) is 0 Å². The Kier molecular flexibility index (Phi) is 7.08. The molecule has 0 rings (SSSR count). The van der Waals surface area contributed by atoms with Gasteiger partial charge >= 0.3 is 0 Å². The van der Waals surface area contributed by atoms with Gasteiger partial charge in [0, 0.05) is 5.41 Å². The van der Waals surface area contributed by atoms with E-state index >= 15 is 0 Å². The molecule has 0 unspecified atom stereocenters. The highest BCUT2D eigenvalue weighted by molar-refractivity contribution is 4.55. The van der Waals surface area contributed by atoms with Gasteiger partial charge in [-0.1, -0.05) is 20.8 Å². The molecule has 0 aliphatic rings. The minimum atomic E-state index is 0. The van der Waals surface area contributed by atoms with Gasteiger partial charge in [-0.2, -0.15) is 0 Å². The number of nitrogens with two attached hydrogens (primary N) is 1. The fourth-order valence-electron chi connectivity index (χ4n) is 0.577. The molecule has 0 aliphatic carbocycles. The molecule has 0 radical (unpaired) electrons. The average Bonchev–Trinajstić information content (AvgIpc) is 1.59. The summed E-state index contributed by atoms with van der Waals surface area (Å²) in [4.78, 5) is 0. The van der Waals surface area contributed by atoms with Gasteiger partial charge in [0.2, 0.25) is 0 Å². The first kappa shape index (κ1) is 12.1. The van der Waals surface area contributed by atoms with Crippen molar-refractivity contribution in [1.82, 2.24) is 0 Å². The molecule has 0 aromatic rings. The molecule has 2 N–H and O–H groups in total. The summed E-state index contributed by atoms with van der Waals surface area (Å²) in [7, 11) is 0. The van der Waals surface area contributed by atoms with Crippen LogP contribution in [0.15, 0.2) is 0 Å². The van der Waals surface area contributed by atoms with Crippen molar-refractivity contribution in [2.45, 2.75) is 27.7 Å². The molecular formula is C7H18BrN. The Labute approximate surface area is 69.0 Å². The molecular weight excluding hydrogens is 178 g/mol. The van der Waals surface area contributed by atoms with Gasteiger partial charge in [0.05, 0.1) is 13.1 Å². The fraction of sp³-hybridized carbons (Fsp3) is 1.00. The number of hydrogen-bond donors (Lipinski definition) is 1. The van der Waals surface area contributed by atoms with Gasteiger partial charge < -0.3 is 22.3 Å². The van der Waals surface area contributed by atoms with Crippen LogP contribution in [0.25, 0.3) is 0 Å². The Balaban J connectivity index is 0. The van der Waals surface area contributed by atoms with Gasteiger partial charge in [0.1, 0.15) is 0 Å². The lowest BCUT2D eigenvalue weighted by atomic mass is 9.97. The highest BCUT2D eigenvalue weighted by Crippen LogP contribution is 2.07. The summed E-state index contributed by atoms with van der Waals surface area (Å²) in [5, 5.41) is 2.33. The van der Waals surface area contributed by atoms with E-state index in [0.717, 1.165) is 0 Å². The predicted octanol–water partition coefficient (Wildman–Crippen LogP) is -2.38. The van der Waals surface area contributed by atoms with E-state index in [0.29, 0.717) is 5.41 Å². The standard InChI is InChI=1S/C7H17N.BrH/c1-5-8-6-7(2,3)4;/h8H,5-6H2,1-4H3;1H. The molecule has 0 bridgehead atoms. The van der Waals surface area contributed by atoms with Crippen molar-refractivity contribution in [3.05, 3.63) is 0 Å². The second-order valence-electron chi connectivity index (χ2n) is 3.46. The van der Waals surface area contributed by atoms with Crippen LogP contribution < -0.4 is 22.3 Å². The lowest BCUT2D eigenvalue weighted by molar-refractivity contribution is -0.661. The van der Waals surface area contributed by atoms with Crippen LogP contribution in [0, 0.1) is 5.41 Å². The maximum absolute atomic E-state index is 2.33. The summed E-state index contributed by atoms with van der Waals surface area (Å²) < 4.78 is 0.